The minimum atomic E-state index is -4.32. The fraction of sp³-hybridized carbons (Fsp3) is 0.389. The van der Waals surface area contributed by atoms with Crippen molar-refractivity contribution in [2.75, 3.05) is 26.2 Å². The van der Waals surface area contributed by atoms with E-state index in [0.29, 0.717) is 31.1 Å². The second-order valence-corrected chi connectivity index (χ2v) is 7.20. The summed E-state index contributed by atoms with van der Waals surface area (Å²) in [5.74, 6) is 0.00350. The standard InChI is InChI=1S/C18H19F3N2O2S/c19-18(20,21)14-4-2-13(3-5-14)11-22-6-1-7-23(9-8-22)17(25)16-10-15(24)12-26-16/h2-5,10,12,24H,1,6-9,11H2. The molecule has 0 aliphatic carbocycles. The average Bonchev–Trinajstić information content (AvgIpc) is 2.89. The van der Waals surface area contributed by atoms with Crippen molar-refractivity contribution in [2.45, 2.75) is 19.1 Å². The molecule has 2 heterocycles. The molecule has 0 bridgehead atoms. The first-order chi connectivity index (χ1) is 12.3. The van der Waals surface area contributed by atoms with Crippen LogP contribution in [0.5, 0.6) is 5.75 Å². The molecule has 1 aromatic heterocycles. The summed E-state index contributed by atoms with van der Waals surface area (Å²) in [6.07, 6.45) is -3.53. The summed E-state index contributed by atoms with van der Waals surface area (Å²) in [6.45, 7) is 3.17. The number of thiophene rings is 1. The molecular weight excluding hydrogens is 365 g/mol. The third kappa shape index (κ3) is 4.56. The van der Waals surface area contributed by atoms with E-state index in [1.165, 1.54) is 34.9 Å². The molecule has 0 radical (unpaired) electrons. The van der Waals surface area contributed by atoms with Crippen LogP contribution < -0.4 is 0 Å². The fourth-order valence-electron chi connectivity index (χ4n) is 2.98. The number of carbonyl (C=O) groups excluding carboxylic acids is 1. The number of hydrogen-bond donors (Lipinski definition) is 1. The highest BCUT2D eigenvalue weighted by molar-refractivity contribution is 7.12. The van der Waals surface area contributed by atoms with Crippen LogP contribution in [0.4, 0.5) is 13.2 Å². The fourth-order valence-corrected chi connectivity index (χ4v) is 3.72. The van der Waals surface area contributed by atoms with Gasteiger partial charge >= 0.3 is 6.18 Å². The van der Waals surface area contributed by atoms with Crippen LogP contribution in [0.25, 0.3) is 0 Å². The smallest absolute Gasteiger partial charge is 0.416 e. The average molecular weight is 384 g/mol. The van der Waals surface area contributed by atoms with E-state index in [-0.39, 0.29) is 11.7 Å². The third-order valence-electron chi connectivity index (χ3n) is 4.36. The van der Waals surface area contributed by atoms with Crippen LogP contribution in [0.15, 0.2) is 35.7 Å². The van der Waals surface area contributed by atoms with Gasteiger partial charge in [0.15, 0.2) is 0 Å². The molecule has 1 amide bonds. The summed E-state index contributed by atoms with van der Waals surface area (Å²) in [7, 11) is 0. The molecule has 1 aromatic carbocycles. The van der Waals surface area contributed by atoms with E-state index in [0.717, 1.165) is 30.7 Å². The second kappa shape index (κ2) is 7.67. The molecule has 0 unspecified atom stereocenters. The van der Waals surface area contributed by atoms with Gasteiger partial charge in [0, 0.05) is 44.2 Å². The number of aromatic hydroxyl groups is 1. The van der Waals surface area contributed by atoms with Crippen molar-refractivity contribution in [1.29, 1.82) is 0 Å². The van der Waals surface area contributed by atoms with Crippen LogP contribution in [0, 0.1) is 0 Å². The van der Waals surface area contributed by atoms with Gasteiger partial charge in [-0.1, -0.05) is 12.1 Å². The van der Waals surface area contributed by atoms with Crippen LogP contribution in [-0.2, 0) is 12.7 Å². The highest BCUT2D eigenvalue weighted by atomic mass is 32.1. The molecular formula is C18H19F3N2O2S. The number of alkyl halides is 3. The molecule has 26 heavy (non-hydrogen) atoms. The molecule has 1 N–H and O–H groups in total. The minimum absolute atomic E-state index is 0.0910. The first-order valence-corrected chi connectivity index (χ1v) is 9.16. The third-order valence-corrected chi connectivity index (χ3v) is 5.27. The van der Waals surface area contributed by atoms with Crippen molar-refractivity contribution in [1.82, 2.24) is 9.80 Å². The Morgan fingerprint density at radius 3 is 2.46 bits per heavy atom. The van der Waals surface area contributed by atoms with Gasteiger partial charge in [0.05, 0.1) is 10.4 Å². The van der Waals surface area contributed by atoms with Gasteiger partial charge < -0.3 is 10.0 Å². The lowest BCUT2D eigenvalue weighted by atomic mass is 10.1. The van der Waals surface area contributed by atoms with E-state index in [9.17, 15) is 23.1 Å². The van der Waals surface area contributed by atoms with Crippen molar-refractivity contribution in [3.63, 3.8) is 0 Å². The Morgan fingerprint density at radius 2 is 1.85 bits per heavy atom. The van der Waals surface area contributed by atoms with Crippen LogP contribution >= 0.6 is 11.3 Å². The summed E-state index contributed by atoms with van der Waals surface area (Å²) in [4.78, 5) is 16.9. The molecule has 140 valence electrons. The summed E-state index contributed by atoms with van der Waals surface area (Å²) in [5.41, 5.74) is 0.175. The van der Waals surface area contributed by atoms with E-state index in [2.05, 4.69) is 4.90 Å². The van der Waals surface area contributed by atoms with Crippen LogP contribution in [0.1, 0.15) is 27.2 Å². The quantitative estimate of drug-likeness (QED) is 0.875. The van der Waals surface area contributed by atoms with Crippen molar-refractivity contribution in [3.8, 4) is 5.75 Å². The molecule has 0 saturated carbocycles. The number of amides is 1. The Labute approximate surface area is 153 Å². The molecule has 1 fully saturated rings. The zero-order chi connectivity index (χ0) is 18.7. The van der Waals surface area contributed by atoms with Crippen LogP contribution in [-0.4, -0.2) is 47.0 Å². The summed E-state index contributed by atoms with van der Waals surface area (Å²) in [5, 5.41) is 10.9. The molecule has 8 heteroatoms. The van der Waals surface area contributed by atoms with E-state index in [1.54, 1.807) is 4.90 Å². The highest BCUT2D eigenvalue weighted by Crippen LogP contribution is 2.29. The van der Waals surface area contributed by atoms with Crippen molar-refractivity contribution in [2.24, 2.45) is 0 Å². The minimum Gasteiger partial charge on any atom is -0.507 e. The molecule has 4 nitrogen and oxygen atoms in total. The monoisotopic (exact) mass is 384 g/mol. The van der Waals surface area contributed by atoms with Gasteiger partial charge in [-0.15, -0.1) is 11.3 Å². The summed E-state index contributed by atoms with van der Waals surface area (Å²) in [6, 6.07) is 6.69. The zero-order valence-corrected chi connectivity index (χ0v) is 14.8. The number of carbonyl (C=O) groups is 1. The highest BCUT2D eigenvalue weighted by Gasteiger charge is 2.30. The van der Waals surface area contributed by atoms with E-state index < -0.39 is 11.7 Å². The lowest BCUT2D eigenvalue weighted by molar-refractivity contribution is -0.137. The lowest BCUT2D eigenvalue weighted by Gasteiger charge is -2.22. The number of halogens is 3. The first-order valence-electron chi connectivity index (χ1n) is 8.28. The van der Waals surface area contributed by atoms with Gasteiger partial charge in [0.1, 0.15) is 5.75 Å². The largest absolute Gasteiger partial charge is 0.507 e. The van der Waals surface area contributed by atoms with E-state index >= 15 is 0 Å². The first kappa shape index (κ1) is 18.7. The maximum atomic E-state index is 12.6. The second-order valence-electron chi connectivity index (χ2n) is 6.29. The topological polar surface area (TPSA) is 43.8 Å². The normalized spacial score (nSPS) is 16.5. The van der Waals surface area contributed by atoms with Gasteiger partial charge in [-0.3, -0.25) is 9.69 Å². The van der Waals surface area contributed by atoms with E-state index in [4.69, 9.17) is 0 Å². The maximum absolute atomic E-state index is 12.6. The predicted octanol–water partition coefficient (Wildman–Crippen LogP) is 3.82. The van der Waals surface area contributed by atoms with Gasteiger partial charge in [-0.05, 0) is 24.1 Å². The Kier molecular flexibility index (Phi) is 5.52. The molecule has 3 rings (SSSR count). The van der Waals surface area contributed by atoms with Crippen molar-refractivity contribution in [3.05, 3.63) is 51.7 Å². The maximum Gasteiger partial charge on any atom is 0.416 e. The summed E-state index contributed by atoms with van der Waals surface area (Å²) >= 11 is 1.22. The molecule has 1 saturated heterocycles. The summed E-state index contributed by atoms with van der Waals surface area (Å²) < 4.78 is 37.9. The number of nitrogens with zero attached hydrogens (tertiary/aromatic N) is 2. The predicted molar refractivity (Wildman–Crippen MR) is 93.2 cm³/mol. The number of benzene rings is 1. The van der Waals surface area contributed by atoms with Crippen LogP contribution in [0.3, 0.4) is 0 Å². The van der Waals surface area contributed by atoms with Gasteiger partial charge in [0.25, 0.3) is 5.91 Å². The molecule has 0 atom stereocenters. The molecule has 2 aromatic rings. The SMILES string of the molecule is O=C(c1cc(O)cs1)N1CCCN(Cc2ccc(C(F)(F)F)cc2)CC1. The van der Waals surface area contributed by atoms with Gasteiger partial charge in [0.2, 0.25) is 0 Å². The van der Waals surface area contributed by atoms with E-state index in [1.807, 2.05) is 0 Å². The molecule has 1 aliphatic heterocycles. The Balaban J connectivity index is 1.58. The van der Waals surface area contributed by atoms with Crippen molar-refractivity contribution >= 4 is 17.2 Å². The lowest BCUT2D eigenvalue weighted by Crippen LogP contribution is -2.34. The Morgan fingerprint density at radius 1 is 1.12 bits per heavy atom. The molecule has 0 spiro atoms. The number of rotatable bonds is 3. The van der Waals surface area contributed by atoms with Gasteiger partial charge in [-0.2, -0.15) is 13.2 Å². The van der Waals surface area contributed by atoms with Gasteiger partial charge in [-0.25, -0.2) is 0 Å². The Hall–Kier alpha value is -2.06. The molecule has 1 aliphatic rings. The van der Waals surface area contributed by atoms with Crippen molar-refractivity contribution < 1.29 is 23.1 Å². The number of hydrogen-bond acceptors (Lipinski definition) is 4. The zero-order valence-electron chi connectivity index (χ0n) is 14.0. The Bertz CT molecular complexity index is 759. The van der Waals surface area contributed by atoms with Crippen LogP contribution in [0.2, 0.25) is 0 Å².